The quantitative estimate of drug-likeness (QED) is 0.534. The molecular weight excluding hydrogens is 244 g/mol. The van der Waals surface area contributed by atoms with Crippen LogP contribution in [0, 0.1) is 0 Å². The van der Waals surface area contributed by atoms with Gasteiger partial charge in [0.2, 0.25) is 0 Å². The summed E-state index contributed by atoms with van der Waals surface area (Å²) in [7, 11) is -1.01. The van der Waals surface area contributed by atoms with Crippen molar-refractivity contribution >= 4 is 15.8 Å². The van der Waals surface area contributed by atoms with Crippen molar-refractivity contribution < 1.29 is 13.9 Å². The summed E-state index contributed by atoms with van der Waals surface area (Å²) in [5.41, 5.74) is 0.429. The Bertz CT molecular complexity index is 373. The van der Waals surface area contributed by atoms with E-state index < -0.39 is 15.2 Å². The number of rotatable bonds is 8. The topological polar surface area (TPSA) is 27.7 Å². The van der Waals surface area contributed by atoms with Crippen LogP contribution in [0.25, 0.3) is 6.08 Å². The molecule has 0 amide bonds. The van der Waals surface area contributed by atoms with Crippen molar-refractivity contribution in [1.82, 2.24) is 0 Å². The summed E-state index contributed by atoms with van der Waals surface area (Å²) in [6.07, 6.45) is 1.79. The summed E-state index contributed by atoms with van der Waals surface area (Å²) in [5.74, 6) is 0.852. The first-order chi connectivity index (χ1) is 8.65. The van der Waals surface area contributed by atoms with Crippen LogP contribution in [0.4, 0.5) is 0 Å². The maximum atomic E-state index is 5.92. The van der Waals surface area contributed by atoms with Crippen LogP contribution in [0.15, 0.2) is 30.8 Å². The summed E-state index contributed by atoms with van der Waals surface area (Å²) in [6, 6.07) is 7.85. The highest BCUT2D eigenvalue weighted by Crippen LogP contribution is 2.20. The molecule has 0 saturated heterocycles. The lowest BCUT2D eigenvalue weighted by molar-refractivity contribution is -0.167. The van der Waals surface area contributed by atoms with Crippen LogP contribution in [-0.2, 0) is 9.47 Å². The standard InChI is InChI=1S/C14H22O3Si/c1-5-12-10-8-9-11-13(12)17-18-14(4,15-6-2)16-7-3/h5,8-11H,1,6-7,18H2,2-4H3. The summed E-state index contributed by atoms with van der Waals surface area (Å²) < 4.78 is 17.2. The predicted molar refractivity (Wildman–Crippen MR) is 77.4 cm³/mol. The summed E-state index contributed by atoms with van der Waals surface area (Å²) in [4.78, 5) is 0. The lowest BCUT2D eigenvalue weighted by Gasteiger charge is -2.28. The molecule has 0 spiro atoms. The first-order valence-electron chi connectivity index (χ1n) is 6.27. The Kier molecular flexibility index (Phi) is 6.11. The number of benzene rings is 1. The van der Waals surface area contributed by atoms with Crippen molar-refractivity contribution in [3.8, 4) is 5.75 Å². The second kappa shape index (κ2) is 7.36. The van der Waals surface area contributed by atoms with E-state index in [1.54, 1.807) is 6.08 Å². The number of para-hydroxylation sites is 1. The van der Waals surface area contributed by atoms with Gasteiger partial charge in [0.15, 0.2) is 5.41 Å². The van der Waals surface area contributed by atoms with Crippen LogP contribution < -0.4 is 4.43 Å². The predicted octanol–water partition coefficient (Wildman–Crippen LogP) is 2.54. The van der Waals surface area contributed by atoms with Gasteiger partial charge in [-0.15, -0.1) is 0 Å². The molecular formula is C14H22O3Si. The van der Waals surface area contributed by atoms with Crippen molar-refractivity contribution in [1.29, 1.82) is 0 Å². The van der Waals surface area contributed by atoms with Gasteiger partial charge in [0, 0.05) is 18.8 Å². The van der Waals surface area contributed by atoms with Gasteiger partial charge in [-0.1, -0.05) is 30.9 Å². The zero-order valence-corrected chi connectivity index (χ0v) is 12.9. The van der Waals surface area contributed by atoms with E-state index in [1.807, 2.05) is 45.0 Å². The third kappa shape index (κ3) is 4.29. The number of ether oxygens (including phenoxy) is 2. The van der Waals surface area contributed by atoms with Crippen LogP contribution in [-0.4, -0.2) is 28.4 Å². The molecule has 4 heteroatoms. The molecule has 0 aliphatic heterocycles. The molecule has 0 aliphatic rings. The molecule has 0 saturated carbocycles. The van der Waals surface area contributed by atoms with Crippen LogP contribution in [0.2, 0.25) is 0 Å². The molecule has 0 heterocycles. The summed E-state index contributed by atoms with van der Waals surface area (Å²) in [6.45, 7) is 10.9. The largest absolute Gasteiger partial charge is 0.543 e. The lowest BCUT2D eigenvalue weighted by atomic mass is 10.2. The fraction of sp³-hybridized carbons (Fsp3) is 0.429. The van der Waals surface area contributed by atoms with Gasteiger partial charge in [-0.2, -0.15) is 0 Å². The molecule has 0 aliphatic carbocycles. The Morgan fingerprint density at radius 2 is 1.83 bits per heavy atom. The zero-order valence-electron chi connectivity index (χ0n) is 11.4. The highest BCUT2D eigenvalue weighted by molar-refractivity contribution is 6.32. The van der Waals surface area contributed by atoms with Gasteiger partial charge < -0.3 is 13.9 Å². The second-order valence-electron chi connectivity index (χ2n) is 4.03. The Morgan fingerprint density at radius 3 is 2.39 bits per heavy atom. The van der Waals surface area contributed by atoms with E-state index in [-0.39, 0.29) is 0 Å². The molecule has 1 aromatic rings. The Labute approximate surface area is 112 Å². The van der Waals surface area contributed by atoms with Crippen molar-refractivity contribution in [2.24, 2.45) is 0 Å². The fourth-order valence-corrected chi connectivity index (χ4v) is 2.98. The van der Waals surface area contributed by atoms with Crippen LogP contribution in [0.5, 0.6) is 5.75 Å². The van der Waals surface area contributed by atoms with E-state index in [9.17, 15) is 0 Å². The molecule has 0 aromatic heterocycles. The Morgan fingerprint density at radius 1 is 1.22 bits per heavy atom. The smallest absolute Gasteiger partial charge is 0.282 e. The first kappa shape index (κ1) is 15.0. The SMILES string of the molecule is C=Cc1ccccc1O[SiH2]C(C)(OCC)OCC. The van der Waals surface area contributed by atoms with Crippen LogP contribution in [0.1, 0.15) is 26.3 Å². The van der Waals surface area contributed by atoms with E-state index in [4.69, 9.17) is 13.9 Å². The van der Waals surface area contributed by atoms with Gasteiger partial charge in [0.05, 0.1) is 0 Å². The summed E-state index contributed by atoms with van der Waals surface area (Å²) in [5, 5.41) is 0. The molecule has 0 bridgehead atoms. The molecule has 3 nitrogen and oxygen atoms in total. The highest BCUT2D eigenvalue weighted by Gasteiger charge is 2.27. The van der Waals surface area contributed by atoms with Crippen LogP contribution in [0.3, 0.4) is 0 Å². The molecule has 0 atom stereocenters. The molecule has 100 valence electrons. The molecule has 1 rings (SSSR count). The normalized spacial score (nSPS) is 11.9. The van der Waals surface area contributed by atoms with E-state index >= 15 is 0 Å². The number of hydrogen-bond acceptors (Lipinski definition) is 3. The first-order valence-corrected chi connectivity index (χ1v) is 7.55. The minimum atomic E-state index is -1.01. The van der Waals surface area contributed by atoms with E-state index in [0.29, 0.717) is 13.2 Å². The van der Waals surface area contributed by atoms with Crippen molar-refractivity contribution in [2.75, 3.05) is 13.2 Å². The minimum absolute atomic E-state index is 0.572. The van der Waals surface area contributed by atoms with Crippen molar-refractivity contribution in [3.05, 3.63) is 36.4 Å². The van der Waals surface area contributed by atoms with Gasteiger partial charge in [-0.3, -0.25) is 0 Å². The van der Waals surface area contributed by atoms with Gasteiger partial charge in [0.1, 0.15) is 5.75 Å². The van der Waals surface area contributed by atoms with Crippen molar-refractivity contribution in [2.45, 2.75) is 26.2 Å². The van der Waals surface area contributed by atoms with Gasteiger partial charge in [-0.05, 0) is 26.8 Å². The minimum Gasteiger partial charge on any atom is -0.543 e. The maximum absolute atomic E-state index is 5.92. The zero-order chi connectivity index (χ0) is 13.4. The molecule has 18 heavy (non-hydrogen) atoms. The third-order valence-corrected chi connectivity index (χ3v) is 3.92. The third-order valence-electron chi connectivity index (χ3n) is 2.53. The van der Waals surface area contributed by atoms with Gasteiger partial charge in [0.25, 0.3) is 9.76 Å². The van der Waals surface area contributed by atoms with Gasteiger partial charge >= 0.3 is 0 Å². The Balaban J connectivity index is 2.69. The summed E-state index contributed by atoms with van der Waals surface area (Å²) >= 11 is 0. The molecule has 1 aromatic carbocycles. The molecule has 0 radical (unpaired) electrons. The van der Waals surface area contributed by atoms with Crippen molar-refractivity contribution in [3.63, 3.8) is 0 Å². The maximum Gasteiger partial charge on any atom is 0.282 e. The van der Waals surface area contributed by atoms with E-state index in [2.05, 4.69) is 6.58 Å². The van der Waals surface area contributed by atoms with Crippen LogP contribution >= 0.6 is 0 Å². The average molecular weight is 266 g/mol. The Hall–Kier alpha value is -1.10. The average Bonchev–Trinajstić information content (AvgIpc) is 2.37. The highest BCUT2D eigenvalue weighted by atomic mass is 28.2. The van der Waals surface area contributed by atoms with E-state index in [1.165, 1.54) is 0 Å². The molecule has 0 unspecified atom stereocenters. The second-order valence-corrected chi connectivity index (χ2v) is 5.89. The van der Waals surface area contributed by atoms with E-state index in [0.717, 1.165) is 11.3 Å². The molecule has 0 N–H and O–H groups in total. The number of hydrogen-bond donors (Lipinski definition) is 0. The monoisotopic (exact) mass is 266 g/mol. The molecule has 0 fully saturated rings. The van der Waals surface area contributed by atoms with Gasteiger partial charge in [-0.25, -0.2) is 0 Å². The lowest BCUT2D eigenvalue weighted by Crippen LogP contribution is -2.42. The fourth-order valence-electron chi connectivity index (χ4n) is 1.73.